The smallest absolute Gasteiger partial charge is 0.0492 e. The van der Waals surface area contributed by atoms with Crippen molar-refractivity contribution >= 4 is 0 Å². The summed E-state index contributed by atoms with van der Waals surface area (Å²) in [5.41, 5.74) is 1.34. The van der Waals surface area contributed by atoms with Crippen molar-refractivity contribution in [3.63, 3.8) is 0 Å². The van der Waals surface area contributed by atoms with E-state index in [1.807, 2.05) is 17.9 Å². The molecule has 2 saturated heterocycles. The SMILES string of the molecule is Cn1nccc1CCN1CC2CNCC2C1. The highest BCUT2D eigenvalue weighted by molar-refractivity contribution is 5.01. The minimum absolute atomic E-state index is 0.909. The topological polar surface area (TPSA) is 33.1 Å². The summed E-state index contributed by atoms with van der Waals surface area (Å²) in [6.45, 7) is 6.22. The molecule has 3 heterocycles. The molecule has 0 bridgehead atoms. The van der Waals surface area contributed by atoms with Gasteiger partial charge < -0.3 is 10.2 Å². The van der Waals surface area contributed by atoms with Gasteiger partial charge in [-0.1, -0.05) is 0 Å². The van der Waals surface area contributed by atoms with Crippen LogP contribution in [0.1, 0.15) is 5.69 Å². The molecule has 2 fully saturated rings. The van der Waals surface area contributed by atoms with Crippen molar-refractivity contribution in [2.45, 2.75) is 6.42 Å². The van der Waals surface area contributed by atoms with E-state index in [0.29, 0.717) is 0 Å². The maximum absolute atomic E-state index is 4.21. The molecular weight excluding hydrogens is 200 g/mol. The van der Waals surface area contributed by atoms with Crippen LogP contribution in [0.4, 0.5) is 0 Å². The molecule has 4 nitrogen and oxygen atoms in total. The predicted octanol–water partition coefficient (Wildman–Crippen LogP) is 0.114. The van der Waals surface area contributed by atoms with Crippen LogP contribution in [-0.2, 0) is 13.5 Å². The number of nitrogens with zero attached hydrogens (tertiary/aromatic N) is 3. The van der Waals surface area contributed by atoms with Gasteiger partial charge in [-0.05, 0) is 31.0 Å². The lowest BCUT2D eigenvalue weighted by Gasteiger charge is -2.16. The van der Waals surface area contributed by atoms with Gasteiger partial charge in [0.05, 0.1) is 0 Å². The summed E-state index contributed by atoms with van der Waals surface area (Å²) in [4.78, 5) is 2.61. The Balaban J connectivity index is 1.52. The van der Waals surface area contributed by atoms with Crippen molar-refractivity contribution in [2.75, 3.05) is 32.7 Å². The van der Waals surface area contributed by atoms with Crippen LogP contribution >= 0.6 is 0 Å². The highest BCUT2D eigenvalue weighted by Crippen LogP contribution is 2.26. The second-order valence-electron chi connectivity index (χ2n) is 5.13. The molecule has 0 spiro atoms. The first kappa shape index (κ1) is 10.3. The number of aromatic nitrogens is 2. The first-order chi connectivity index (χ1) is 7.83. The van der Waals surface area contributed by atoms with Crippen LogP contribution in [0.25, 0.3) is 0 Å². The van der Waals surface area contributed by atoms with E-state index >= 15 is 0 Å². The Labute approximate surface area is 96.6 Å². The van der Waals surface area contributed by atoms with Crippen molar-refractivity contribution in [1.29, 1.82) is 0 Å². The number of fused-ring (bicyclic) bond motifs is 1. The Morgan fingerprint density at radius 2 is 2.12 bits per heavy atom. The van der Waals surface area contributed by atoms with Gasteiger partial charge in [0.25, 0.3) is 0 Å². The molecule has 3 rings (SSSR count). The van der Waals surface area contributed by atoms with Gasteiger partial charge >= 0.3 is 0 Å². The molecule has 2 unspecified atom stereocenters. The van der Waals surface area contributed by atoms with E-state index in [9.17, 15) is 0 Å². The van der Waals surface area contributed by atoms with Gasteiger partial charge in [-0.15, -0.1) is 0 Å². The average Bonchev–Trinajstić information content (AvgIpc) is 2.89. The number of hydrogen-bond donors (Lipinski definition) is 1. The first-order valence-corrected chi connectivity index (χ1v) is 6.23. The molecule has 2 atom stereocenters. The third kappa shape index (κ3) is 1.87. The van der Waals surface area contributed by atoms with Crippen LogP contribution in [0.2, 0.25) is 0 Å². The highest BCUT2D eigenvalue weighted by Gasteiger charge is 2.35. The molecule has 2 aliphatic rings. The fourth-order valence-corrected chi connectivity index (χ4v) is 3.05. The van der Waals surface area contributed by atoms with Crippen molar-refractivity contribution < 1.29 is 0 Å². The van der Waals surface area contributed by atoms with E-state index in [1.54, 1.807) is 0 Å². The van der Waals surface area contributed by atoms with Crippen LogP contribution in [-0.4, -0.2) is 47.4 Å². The number of nitrogens with one attached hydrogen (secondary N) is 1. The molecule has 1 aromatic rings. The zero-order chi connectivity index (χ0) is 11.0. The van der Waals surface area contributed by atoms with Crippen LogP contribution in [0.3, 0.4) is 0 Å². The molecule has 4 heteroatoms. The number of likely N-dealkylation sites (tertiary alicyclic amines) is 1. The van der Waals surface area contributed by atoms with Gasteiger partial charge in [0, 0.05) is 45.0 Å². The summed E-state index contributed by atoms with van der Waals surface area (Å²) in [5, 5.41) is 7.69. The third-order valence-electron chi connectivity index (χ3n) is 4.07. The fourth-order valence-electron chi connectivity index (χ4n) is 3.05. The van der Waals surface area contributed by atoms with Crippen molar-refractivity contribution in [3.05, 3.63) is 18.0 Å². The molecule has 0 aromatic carbocycles. The van der Waals surface area contributed by atoms with E-state index in [1.165, 1.54) is 38.4 Å². The molecule has 0 aliphatic carbocycles. The van der Waals surface area contributed by atoms with Crippen molar-refractivity contribution in [3.8, 4) is 0 Å². The molecule has 0 radical (unpaired) electrons. The summed E-state index contributed by atoms with van der Waals surface area (Å²) < 4.78 is 1.98. The van der Waals surface area contributed by atoms with E-state index in [0.717, 1.165) is 18.3 Å². The predicted molar refractivity (Wildman–Crippen MR) is 63.2 cm³/mol. The molecule has 0 amide bonds. The van der Waals surface area contributed by atoms with E-state index < -0.39 is 0 Å². The molecule has 1 N–H and O–H groups in total. The lowest BCUT2D eigenvalue weighted by Crippen LogP contribution is -2.28. The maximum Gasteiger partial charge on any atom is 0.0492 e. The van der Waals surface area contributed by atoms with E-state index in [4.69, 9.17) is 0 Å². The minimum atomic E-state index is 0.909. The second kappa shape index (κ2) is 4.18. The number of rotatable bonds is 3. The third-order valence-corrected chi connectivity index (χ3v) is 4.07. The minimum Gasteiger partial charge on any atom is -0.316 e. The van der Waals surface area contributed by atoms with Gasteiger partial charge in [-0.3, -0.25) is 4.68 Å². The second-order valence-corrected chi connectivity index (χ2v) is 5.13. The first-order valence-electron chi connectivity index (χ1n) is 6.23. The van der Waals surface area contributed by atoms with E-state index in [-0.39, 0.29) is 0 Å². The Kier molecular flexibility index (Phi) is 2.69. The Hall–Kier alpha value is -0.870. The number of hydrogen-bond acceptors (Lipinski definition) is 3. The van der Waals surface area contributed by atoms with Crippen LogP contribution in [0.5, 0.6) is 0 Å². The van der Waals surface area contributed by atoms with Gasteiger partial charge in [0.1, 0.15) is 0 Å². The fraction of sp³-hybridized carbons (Fsp3) is 0.750. The van der Waals surface area contributed by atoms with Gasteiger partial charge in [0.15, 0.2) is 0 Å². The van der Waals surface area contributed by atoms with Crippen molar-refractivity contribution in [1.82, 2.24) is 20.0 Å². The van der Waals surface area contributed by atoms with Crippen LogP contribution < -0.4 is 5.32 Å². The number of aryl methyl sites for hydroxylation is 1. The molecular formula is C12H20N4. The molecule has 0 saturated carbocycles. The summed E-state index contributed by atoms with van der Waals surface area (Å²) in [5.74, 6) is 1.82. The normalized spacial score (nSPS) is 29.8. The molecule has 2 aliphatic heterocycles. The Morgan fingerprint density at radius 3 is 2.75 bits per heavy atom. The molecule has 16 heavy (non-hydrogen) atoms. The summed E-state index contributed by atoms with van der Waals surface area (Å²) in [7, 11) is 2.03. The highest BCUT2D eigenvalue weighted by atomic mass is 15.3. The maximum atomic E-state index is 4.21. The monoisotopic (exact) mass is 220 g/mol. The van der Waals surface area contributed by atoms with E-state index in [2.05, 4.69) is 21.4 Å². The summed E-state index contributed by atoms with van der Waals surface area (Å²) in [6.07, 6.45) is 3.02. The van der Waals surface area contributed by atoms with Crippen LogP contribution in [0.15, 0.2) is 12.3 Å². The van der Waals surface area contributed by atoms with Crippen molar-refractivity contribution in [2.24, 2.45) is 18.9 Å². The zero-order valence-electron chi connectivity index (χ0n) is 9.89. The lowest BCUT2D eigenvalue weighted by atomic mass is 10.0. The molecule has 1 aromatic heterocycles. The average molecular weight is 220 g/mol. The van der Waals surface area contributed by atoms with Crippen LogP contribution in [0, 0.1) is 11.8 Å². The lowest BCUT2D eigenvalue weighted by molar-refractivity contribution is 0.315. The quantitative estimate of drug-likeness (QED) is 0.785. The standard InChI is InChI=1S/C12H20N4/c1-15-12(2-4-14-15)3-5-16-8-10-6-13-7-11(10)9-16/h2,4,10-11,13H,3,5-9H2,1H3. The van der Waals surface area contributed by atoms with Gasteiger partial charge in [-0.2, -0.15) is 5.10 Å². The zero-order valence-corrected chi connectivity index (χ0v) is 9.89. The Bertz CT molecular complexity index is 348. The molecule has 88 valence electrons. The largest absolute Gasteiger partial charge is 0.316 e. The summed E-state index contributed by atoms with van der Waals surface area (Å²) >= 11 is 0. The van der Waals surface area contributed by atoms with Gasteiger partial charge in [-0.25, -0.2) is 0 Å². The van der Waals surface area contributed by atoms with Gasteiger partial charge in [0.2, 0.25) is 0 Å². The summed E-state index contributed by atoms with van der Waals surface area (Å²) in [6, 6.07) is 2.12. The Morgan fingerprint density at radius 1 is 1.38 bits per heavy atom.